The Kier molecular flexibility index (Phi) is 2.88. The minimum absolute atomic E-state index is 0.00216. The highest BCUT2D eigenvalue weighted by Crippen LogP contribution is 2.07. The number of likely N-dealkylation sites (tertiary alicyclic amines) is 1. The summed E-state index contributed by atoms with van der Waals surface area (Å²) in [6, 6.07) is 2.06. The summed E-state index contributed by atoms with van der Waals surface area (Å²) in [7, 11) is 1.49. The van der Waals surface area contributed by atoms with Crippen LogP contribution in [0.1, 0.15) is 0 Å². The van der Waals surface area contributed by atoms with E-state index in [-0.39, 0.29) is 18.3 Å². The number of hydrogen-bond acceptors (Lipinski definition) is 3. The molecular weight excluding hydrogens is 170 g/mol. The Morgan fingerprint density at radius 3 is 3.08 bits per heavy atom. The highest BCUT2D eigenvalue weighted by atomic mass is 16.5. The van der Waals surface area contributed by atoms with E-state index in [4.69, 9.17) is 16.9 Å². The van der Waals surface area contributed by atoms with Crippen LogP contribution in [0.5, 0.6) is 0 Å². The van der Waals surface area contributed by atoms with E-state index in [1.807, 2.05) is 0 Å². The topological polar surface area (TPSA) is 67.9 Å². The molecule has 1 atom stereocenters. The number of Topliss-reactive ketones (excluding diaryl/α,β-unsaturated/α-hetero) is 1. The first-order valence-electron chi connectivity index (χ1n) is 3.78. The van der Waals surface area contributed by atoms with E-state index < -0.39 is 6.10 Å². The second-order valence-electron chi connectivity index (χ2n) is 2.67. The zero-order chi connectivity index (χ0) is 9.84. The van der Waals surface area contributed by atoms with Crippen LogP contribution in [0.3, 0.4) is 0 Å². The molecule has 1 saturated heterocycles. The molecule has 0 saturated carbocycles. The average molecular weight is 181 g/mol. The summed E-state index contributed by atoms with van der Waals surface area (Å²) in [5.41, 5.74) is 5.49. The summed E-state index contributed by atoms with van der Waals surface area (Å²) in [5.74, 6) is 0.188. The molecule has 0 unspecified atom stereocenters. The van der Waals surface area contributed by atoms with Crippen molar-refractivity contribution in [2.24, 2.45) is 10.7 Å². The maximum absolute atomic E-state index is 11.2. The molecule has 1 aliphatic rings. The quantitative estimate of drug-likeness (QED) is 0.313. The van der Waals surface area contributed by atoms with Crippen molar-refractivity contribution in [2.45, 2.75) is 6.10 Å². The van der Waals surface area contributed by atoms with Gasteiger partial charge in [0.15, 0.2) is 5.78 Å². The van der Waals surface area contributed by atoms with Crippen molar-refractivity contribution in [1.82, 2.24) is 4.90 Å². The van der Waals surface area contributed by atoms with E-state index >= 15 is 0 Å². The average Bonchev–Trinajstić information content (AvgIpc) is 2.47. The first kappa shape index (κ1) is 9.55. The summed E-state index contributed by atoms with van der Waals surface area (Å²) in [6.07, 6.45) is 4.53. The number of methoxy groups -OCH3 is 1. The molecule has 0 radical (unpaired) electrons. The minimum Gasteiger partial charge on any atom is -0.372 e. The number of terminal acetylenes is 1. The molecule has 0 amide bonds. The second kappa shape index (κ2) is 3.92. The molecule has 1 rings (SSSR count). The Hall–Kier alpha value is -1.54. The molecular formula is C8H11N3O2. The van der Waals surface area contributed by atoms with Gasteiger partial charge in [0.05, 0.1) is 13.1 Å². The number of ketones is 1. The Morgan fingerprint density at radius 2 is 2.62 bits per heavy atom. The van der Waals surface area contributed by atoms with Crippen LogP contribution >= 0.6 is 0 Å². The molecule has 0 aromatic rings. The number of ether oxygens (including phenoxy) is 1. The van der Waals surface area contributed by atoms with Crippen molar-refractivity contribution < 1.29 is 9.53 Å². The molecule has 13 heavy (non-hydrogen) atoms. The Morgan fingerprint density at radius 1 is 1.92 bits per heavy atom. The zero-order valence-corrected chi connectivity index (χ0v) is 7.36. The van der Waals surface area contributed by atoms with Gasteiger partial charge in [-0.3, -0.25) is 4.79 Å². The Balaban J connectivity index is 2.64. The van der Waals surface area contributed by atoms with Crippen LogP contribution in [0.4, 0.5) is 0 Å². The third-order valence-electron chi connectivity index (χ3n) is 1.88. The number of guanidine groups is 1. The fraction of sp³-hybridized carbons (Fsp3) is 0.500. The van der Waals surface area contributed by atoms with Crippen LogP contribution in [-0.4, -0.2) is 42.9 Å². The lowest BCUT2D eigenvalue weighted by atomic mass is 10.3. The maximum atomic E-state index is 11.2. The lowest BCUT2D eigenvalue weighted by Gasteiger charge is -2.13. The lowest BCUT2D eigenvalue weighted by Crippen LogP contribution is -2.36. The molecule has 0 spiro atoms. The van der Waals surface area contributed by atoms with Crippen LogP contribution in [0.15, 0.2) is 4.99 Å². The summed E-state index contributed by atoms with van der Waals surface area (Å²) in [6.45, 7) is 0.641. The molecule has 5 heteroatoms. The predicted molar refractivity (Wildman–Crippen MR) is 47.8 cm³/mol. The van der Waals surface area contributed by atoms with E-state index in [1.165, 1.54) is 7.11 Å². The smallest absolute Gasteiger partial charge is 0.205 e. The number of carbonyl (C=O) groups is 1. The SMILES string of the molecule is C#CN=C(N)N1CC(=O)[C@H](OC)C1. The summed E-state index contributed by atoms with van der Waals surface area (Å²) >= 11 is 0. The van der Waals surface area contributed by atoms with Gasteiger partial charge in [0.25, 0.3) is 0 Å². The van der Waals surface area contributed by atoms with Gasteiger partial charge in [-0.1, -0.05) is 6.42 Å². The largest absolute Gasteiger partial charge is 0.372 e. The van der Waals surface area contributed by atoms with Crippen molar-refractivity contribution in [1.29, 1.82) is 0 Å². The van der Waals surface area contributed by atoms with Gasteiger partial charge >= 0.3 is 0 Å². The molecule has 1 fully saturated rings. The van der Waals surface area contributed by atoms with Crippen molar-refractivity contribution in [2.75, 3.05) is 20.2 Å². The van der Waals surface area contributed by atoms with Crippen LogP contribution in [0.25, 0.3) is 0 Å². The highest BCUT2D eigenvalue weighted by Gasteiger charge is 2.31. The van der Waals surface area contributed by atoms with Crippen molar-refractivity contribution >= 4 is 11.7 Å². The van der Waals surface area contributed by atoms with E-state index in [2.05, 4.69) is 11.0 Å². The third-order valence-corrected chi connectivity index (χ3v) is 1.88. The summed E-state index contributed by atoms with van der Waals surface area (Å²) in [5, 5.41) is 0. The molecule has 0 aromatic heterocycles. The first-order chi connectivity index (χ1) is 6.19. The van der Waals surface area contributed by atoms with Gasteiger partial charge in [-0.05, 0) is 0 Å². The van der Waals surface area contributed by atoms with Gasteiger partial charge in [-0.2, -0.15) is 4.99 Å². The van der Waals surface area contributed by atoms with Crippen molar-refractivity contribution in [3.63, 3.8) is 0 Å². The number of nitrogens with zero attached hydrogens (tertiary/aromatic N) is 2. The molecule has 0 aliphatic carbocycles. The summed E-state index contributed by atoms with van der Waals surface area (Å²) in [4.78, 5) is 16.3. The molecule has 2 N–H and O–H groups in total. The first-order valence-corrected chi connectivity index (χ1v) is 3.78. The number of rotatable bonds is 1. The third kappa shape index (κ3) is 1.98. The monoisotopic (exact) mass is 181 g/mol. The van der Waals surface area contributed by atoms with Gasteiger partial charge in [0, 0.05) is 13.2 Å². The van der Waals surface area contributed by atoms with Crippen LogP contribution in [-0.2, 0) is 9.53 Å². The molecule has 5 nitrogen and oxygen atoms in total. The van der Waals surface area contributed by atoms with Crippen molar-refractivity contribution in [3.05, 3.63) is 0 Å². The van der Waals surface area contributed by atoms with E-state index in [1.54, 1.807) is 4.90 Å². The van der Waals surface area contributed by atoms with Gasteiger partial charge in [-0.15, -0.1) is 0 Å². The number of aliphatic imine (C=N–C) groups is 1. The second-order valence-corrected chi connectivity index (χ2v) is 2.67. The van der Waals surface area contributed by atoms with Crippen molar-refractivity contribution in [3.8, 4) is 12.5 Å². The number of nitrogens with two attached hydrogens (primary N) is 1. The van der Waals surface area contributed by atoms with Gasteiger partial charge in [0.2, 0.25) is 5.96 Å². The molecule has 0 bridgehead atoms. The standard InChI is InChI=1S/C8H11N3O2/c1-3-10-8(9)11-4-6(12)7(5-11)13-2/h1,7H,4-5H2,2H3,(H2,9,10)/t7-/m1/s1. The normalized spacial score (nSPS) is 23.4. The Labute approximate surface area is 76.6 Å². The molecule has 1 heterocycles. The lowest BCUT2D eigenvalue weighted by molar-refractivity contribution is -0.124. The fourth-order valence-corrected chi connectivity index (χ4v) is 1.17. The molecule has 0 aromatic carbocycles. The molecule has 70 valence electrons. The van der Waals surface area contributed by atoms with E-state index in [9.17, 15) is 4.79 Å². The van der Waals surface area contributed by atoms with Crippen LogP contribution in [0.2, 0.25) is 0 Å². The fourth-order valence-electron chi connectivity index (χ4n) is 1.17. The van der Waals surface area contributed by atoms with Gasteiger partial charge < -0.3 is 15.4 Å². The predicted octanol–water partition coefficient (Wildman–Crippen LogP) is -1.21. The molecule has 1 aliphatic heterocycles. The van der Waals surface area contributed by atoms with Crippen LogP contribution < -0.4 is 5.73 Å². The van der Waals surface area contributed by atoms with Gasteiger partial charge in [-0.25, -0.2) is 0 Å². The Bertz CT molecular complexity index is 280. The van der Waals surface area contributed by atoms with E-state index in [0.29, 0.717) is 6.54 Å². The summed E-state index contributed by atoms with van der Waals surface area (Å²) < 4.78 is 4.93. The zero-order valence-electron chi connectivity index (χ0n) is 7.36. The van der Waals surface area contributed by atoms with Crippen LogP contribution in [0, 0.1) is 12.5 Å². The number of carbonyl (C=O) groups excluding carboxylic acids is 1. The van der Waals surface area contributed by atoms with Gasteiger partial charge in [0.1, 0.15) is 6.10 Å². The minimum atomic E-state index is -0.411. The van der Waals surface area contributed by atoms with E-state index in [0.717, 1.165) is 0 Å². The highest BCUT2D eigenvalue weighted by molar-refractivity contribution is 5.93. The number of hydrogen-bond donors (Lipinski definition) is 1. The maximum Gasteiger partial charge on any atom is 0.205 e.